The van der Waals surface area contributed by atoms with E-state index < -0.39 is 12.0 Å². The number of hydrogen-bond acceptors (Lipinski definition) is 2. The van der Waals surface area contributed by atoms with Gasteiger partial charge in [-0.2, -0.15) is 0 Å². The fourth-order valence-electron chi connectivity index (χ4n) is 1.50. The van der Waals surface area contributed by atoms with Gasteiger partial charge in [-0.1, -0.05) is 38.5 Å². The second-order valence-corrected chi connectivity index (χ2v) is 4.03. The fraction of sp³-hybridized carbons (Fsp3) is 0.900. The molecular weight excluding hydrogens is 166 g/mol. The lowest BCUT2D eigenvalue weighted by Crippen LogP contribution is -2.29. The Labute approximate surface area is 79.3 Å². The van der Waals surface area contributed by atoms with Crippen molar-refractivity contribution in [1.29, 1.82) is 0 Å². The van der Waals surface area contributed by atoms with Gasteiger partial charge in [0.1, 0.15) is 6.04 Å². The summed E-state index contributed by atoms with van der Waals surface area (Å²) in [5.74, 6) is 0.121. The smallest absolute Gasteiger partial charge is 0.320 e. The van der Waals surface area contributed by atoms with E-state index in [1.807, 2.05) is 0 Å². The molecule has 0 aromatic heterocycles. The summed E-state index contributed by atoms with van der Waals surface area (Å²) in [4.78, 5) is 10.4. The van der Waals surface area contributed by atoms with Gasteiger partial charge < -0.3 is 10.8 Å². The van der Waals surface area contributed by atoms with Crippen molar-refractivity contribution in [3.8, 4) is 0 Å². The van der Waals surface area contributed by atoms with Crippen LogP contribution in [-0.4, -0.2) is 17.1 Å². The van der Waals surface area contributed by atoms with E-state index in [1.54, 1.807) is 0 Å². The van der Waals surface area contributed by atoms with E-state index in [0.29, 0.717) is 6.42 Å². The SMILES string of the molecule is NC(CCCCCC1CC1)C(=O)O. The Kier molecular flexibility index (Phi) is 4.22. The Hall–Kier alpha value is -0.570. The van der Waals surface area contributed by atoms with Crippen molar-refractivity contribution in [1.82, 2.24) is 0 Å². The van der Waals surface area contributed by atoms with Crippen LogP contribution in [0, 0.1) is 5.92 Å². The molecule has 1 aliphatic carbocycles. The molecule has 0 spiro atoms. The number of nitrogens with two attached hydrogens (primary N) is 1. The van der Waals surface area contributed by atoms with E-state index in [4.69, 9.17) is 10.8 Å². The van der Waals surface area contributed by atoms with Gasteiger partial charge in [0.2, 0.25) is 0 Å². The summed E-state index contributed by atoms with van der Waals surface area (Å²) >= 11 is 0. The van der Waals surface area contributed by atoms with Crippen LogP contribution in [0.5, 0.6) is 0 Å². The highest BCUT2D eigenvalue weighted by Crippen LogP contribution is 2.34. The van der Waals surface area contributed by atoms with Crippen molar-refractivity contribution in [3.63, 3.8) is 0 Å². The van der Waals surface area contributed by atoms with Crippen LogP contribution in [0.1, 0.15) is 44.9 Å². The first-order chi connectivity index (χ1) is 6.20. The fourth-order valence-corrected chi connectivity index (χ4v) is 1.50. The maximum Gasteiger partial charge on any atom is 0.320 e. The number of carboxylic acid groups (broad SMARTS) is 1. The van der Waals surface area contributed by atoms with E-state index in [0.717, 1.165) is 18.8 Å². The average molecular weight is 185 g/mol. The van der Waals surface area contributed by atoms with Crippen LogP contribution in [0.25, 0.3) is 0 Å². The number of hydrogen-bond donors (Lipinski definition) is 2. The number of carbonyl (C=O) groups is 1. The third-order valence-electron chi connectivity index (χ3n) is 2.64. The Morgan fingerprint density at radius 1 is 1.38 bits per heavy atom. The minimum Gasteiger partial charge on any atom is -0.480 e. The Bertz CT molecular complexity index is 166. The molecule has 0 bridgehead atoms. The summed E-state index contributed by atoms with van der Waals surface area (Å²) in [6.07, 6.45) is 8.13. The summed E-state index contributed by atoms with van der Waals surface area (Å²) in [6.45, 7) is 0. The molecule has 13 heavy (non-hydrogen) atoms. The molecule has 3 heteroatoms. The lowest BCUT2D eigenvalue weighted by molar-refractivity contribution is -0.138. The van der Waals surface area contributed by atoms with Crippen LogP contribution in [-0.2, 0) is 4.79 Å². The molecule has 0 amide bonds. The van der Waals surface area contributed by atoms with Gasteiger partial charge >= 0.3 is 5.97 Å². The molecule has 0 aromatic rings. The summed E-state index contributed by atoms with van der Waals surface area (Å²) in [7, 11) is 0. The number of unbranched alkanes of at least 4 members (excludes halogenated alkanes) is 2. The van der Waals surface area contributed by atoms with Crippen molar-refractivity contribution in [2.45, 2.75) is 51.0 Å². The normalized spacial score (nSPS) is 18.5. The summed E-state index contributed by atoms with van der Waals surface area (Å²) in [5.41, 5.74) is 5.37. The van der Waals surface area contributed by atoms with Crippen molar-refractivity contribution in [2.24, 2.45) is 11.7 Å². The first kappa shape index (κ1) is 10.5. The van der Waals surface area contributed by atoms with Crippen LogP contribution in [0.2, 0.25) is 0 Å². The van der Waals surface area contributed by atoms with Crippen LogP contribution in [0.15, 0.2) is 0 Å². The number of carboxylic acids is 1. The number of aliphatic carboxylic acids is 1. The van der Waals surface area contributed by atoms with E-state index in [-0.39, 0.29) is 0 Å². The quantitative estimate of drug-likeness (QED) is 0.594. The molecule has 0 radical (unpaired) electrons. The van der Waals surface area contributed by atoms with E-state index in [1.165, 1.54) is 25.7 Å². The molecule has 1 unspecified atom stereocenters. The Morgan fingerprint density at radius 2 is 2.08 bits per heavy atom. The molecule has 1 fully saturated rings. The monoisotopic (exact) mass is 185 g/mol. The molecule has 1 aliphatic rings. The second-order valence-electron chi connectivity index (χ2n) is 4.03. The van der Waals surface area contributed by atoms with Crippen LogP contribution < -0.4 is 5.73 Å². The van der Waals surface area contributed by atoms with Crippen LogP contribution in [0.3, 0.4) is 0 Å². The summed E-state index contributed by atoms with van der Waals surface area (Å²) in [5, 5.41) is 8.51. The average Bonchev–Trinajstić information content (AvgIpc) is 2.87. The topological polar surface area (TPSA) is 63.3 Å². The van der Waals surface area contributed by atoms with E-state index in [2.05, 4.69) is 0 Å². The Balaban J connectivity index is 1.84. The van der Waals surface area contributed by atoms with Crippen molar-refractivity contribution in [2.75, 3.05) is 0 Å². The Morgan fingerprint density at radius 3 is 2.62 bits per heavy atom. The lowest BCUT2D eigenvalue weighted by Gasteiger charge is -2.05. The second kappa shape index (κ2) is 5.22. The van der Waals surface area contributed by atoms with Crippen molar-refractivity contribution >= 4 is 5.97 Å². The zero-order valence-electron chi connectivity index (χ0n) is 8.04. The minimum absolute atomic E-state index is 0.625. The first-order valence-corrected chi connectivity index (χ1v) is 5.18. The van der Waals surface area contributed by atoms with Gasteiger partial charge in [0, 0.05) is 0 Å². The molecule has 3 nitrogen and oxygen atoms in total. The summed E-state index contributed by atoms with van der Waals surface area (Å²) in [6, 6.07) is -0.652. The molecular formula is C10H19NO2. The van der Waals surface area contributed by atoms with Crippen molar-refractivity contribution < 1.29 is 9.90 Å². The van der Waals surface area contributed by atoms with Gasteiger partial charge in [0.15, 0.2) is 0 Å². The lowest BCUT2D eigenvalue weighted by atomic mass is 10.1. The highest BCUT2D eigenvalue weighted by Gasteiger charge is 2.20. The number of rotatable bonds is 7. The molecule has 1 saturated carbocycles. The van der Waals surface area contributed by atoms with Gasteiger partial charge in [-0.05, 0) is 12.3 Å². The minimum atomic E-state index is -0.873. The molecule has 76 valence electrons. The predicted octanol–water partition coefficient (Wildman–Crippen LogP) is 1.76. The molecule has 1 rings (SSSR count). The standard InChI is InChI=1S/C10H19NO2/c11-9(10(12)13)5-3-1-2-4-8-6-7-8/h8-9H,1-7,11H2,(H,12,13). The molecule has 0 saturated heterocycles. The largest absolute Gasteiger partial charge is 0.480 e. The van der Waals surface area contributed by atoms with Gasteiger partial charge in [-0.25, -0.2) is 0 Å². The third-order valence-corrected chi connectivity index (χ3v) is 2.64. The zero-order valence-corrected chi connectivity index (χ0v) is 8.04. The zero-order chi connectivity index (χ0) is 9.68. The maximum absolute atomic E-state index is 10.4. The van der Waals surface area contributed by atoms with Gasteiger partial charge in [-0.3, -0.25) is 4.79 Å². The predicted molar refractivity (Wildman–Crippen MR) is 51.4 cm³/mol. The highest BCUT2D eigenvalue weighted by atomic mass is 16.4. The molecule has 0 heterocycles. The first-order valence-electron chi connectivity index (χ1n) is 5.18. The van der Waals surface area contributed by atoms with Crippen LogP contribution >= 0.6 is 0 Å². The molecule has 0 aromatic carbocycles. The highest BCUT2D eigenvalue weighted by molar-refractivity contribution is 5.72. The molecule has 1 atom stereocenters. The summed E-state index contributed by atoms with van der Waals surface area (Å²) < 4.78 is 0. The molecule has 0 aliphatic heterocycles. The maximum atomic E-state index is 10.4. The van der Waals surface area contributed by atoms with Crippen molar-refractivity contribution in [3.05, 3.63) is 0 Å². The van der Waals surface area contributed by atoms with Gasteiger partial charge in [-0.15, -0.1) is 0 Å². The van der Waals surface area contributed by atoms with E-state index >= 15 is 0 Å². The van der Waals surface area contributed by atoms with E-state index in [9.17, 15) is 4.79 Å². The van der Waals surface area contributed by atoms with Gasteiger partial charge in [0.25, 0.3) is 0 Å². The van der Waals surface area contributed by atoms with Crippen LogP contribution in [0.4, 0.5) is 0 Å². The molecule has 3 N–H and O–H groups in total. The van der Waals surface area contributed by atoms with Gasteiger partial charge in [0.05, 0.1) is 0 Å². The third kappa shape index (κ3) is 4.88.